The fourth-order valence-electron chi connectivity index (χ4n) is 2.21. The lowest BCUT2D eigenvalue weighted by Gasteiger charge is -2.27. The Kier molecular flexibility index (Phi) is 4.40. The Balaban J connectivity index is 1.91. The van der Waals surface area contributed by atoms with Crippen molar-refractivity contribution < 1.29 is 9.47 Å². The molecule has 0 aromatic heterocycles. The predicted octanol–water partition coefficient (Wildman–Crippen LogP) is 2.52. The van der Waals surface area contributed by atoms with Crippen LogP contribution >= 0.6 is 0 Å². The zero-order chi connectivity index (χ0) is 12.1. The Labute approximate surface area is 103 Å². The van der Waals surface area contributed by atoms with Gasteiger partial charge in [0.2, 0.25) is 0 Å². The summed E-state index contributed by atoms with van der Waals surface area (Å²) in [4.78, 5) is 0. The van der Waals surface area contributed by atoms with E-state index in [1.807, 2.05) is 12.1 Å². The van der Waals surface area contributed by atoms with Gasteiger partial charge in [0.1, 0.15) is 5.75 Å². The van der Waals surface area contributed by atoms with Gasteiger partial charge in [-0.05, 0) is 37.5 Å². The molecular formula is C14H21NO2. The number of rotatable bonds is 4. The van der Waals surface area contributed by atoms with Gasteiger partial charge in [0, 0.05) is 18.7 Å². The molecule has 1 aromatic rings. The second kappa shape index (κ2) is 6.03. The van der Waals surface area contributed by atoms with Crippen molar-refractivity contribution in [2.45, 2.75) is 31.8 Å². The average molecular weight is 235 g/mol. The van der Waals surface area contributed by atoms with Gasteiger partial charge in [0.05, 0.1) is 13.7 Å². The van der Waals surface area contributed by atoms with Crippen LogP contribution < -0.4 is 10.1 Å². The molecule has 0 bridgehead atoms. The van der Waals surface area contributed by atoms with Crippen LogP contribution in [0.4, 0.5) is 0 Å². The van der Waals surface area contributed by atoms with Gasteiger partial charge >= 0.3 is 0 Å². The monoisotopic (exact) mass is 235 g/mol. The largest absolute Gasteiger partial charge is 0.497 e. The third kappa shape index (κ3) is 3.45. The molecular weight excluding hydrogens is 214 g/mol. The quantitative estimate of drug-likeness (QED) is 0.870. The fraction of sp³-hybridized carbons (Fsp3) is 0.571. The summed E-state index contributed by atoms with van der Waals surface area (Å²) in [5, 5.41) is 3.61. The summed E-state index contributed by atoms with van der Waals surface area (Å²) >= 11 is 0. The van der Waals surface area contributed by atoms with Gasteiger partial charge in [0.15, 0.2) is 0 Å². The number of methoxy groups -OCH3 is 1. The van der Waals surface area contributed by atoms with Gasteiger partial charge in [-0.1, -0.05) is 12.1 Å². The maximum absolute atomic E-state index is 5.47. The Bertz CT molecular complexity index is 331. The van der Waals surface area contributed by atoms with Crippen molar-refractivity contribution in [3.8, 4) is 5.75 Å². The summed E-state index contributed by atoms with van der Waals surface area (Å²) in [6.45, 7) is 3.94. The van der Waals surface area contributed by atoms with Crippen molar-refractivity contribution in [2.24, 2.45) is 0 Å². The molecule has 2 atom stereocenters. The Hall–Kier alpha value is -1.06. The molecule has 0 saturated carbocycles. The summed E-state index contributed by atoms with van der Waals surface area (Å²) < 4.78 is 10.6. The van der Waals surface area contributed by atoms with E-state index in [2.05, 4.69) is 24.4 Å². The molecule has 17 heavy (non-hydrogen) atoms. The standard InChI is InChI=1S/C14H21NO2/c1-11(15-13-4-3-9-17-10-13)12-5-7-14(16-2)8-6-12/h5-8,11,13,15H,3-4,9-10H2,1-2H3. The minimum atomic E-state index is 0.354. The lowest BCUT2D eigenvalue weighted by molar-refractivity contribution is 0.0671. The number of hydrogen-bond acceptors (Lipinski definition) is 3. The number of nitrogens with one attached hydrogen (secondary N) is 1. The SMILES string of the molecule is COc1ccc(C(C)NC2CCCOC2)cc1. The highest BCUT2D eigenvalue weighted by Gasteiger charge is 2.16. The number of ether oxygens (including phenoxy) is 2. The first-order chi connectivity index (χ1) is 8.29. The molecule has 1 aliphatic heterocycles. The molecule has 1 aliphatic rings. The van der Waals surface area contributed by atoms with Crippen LogP contribution in [0.25, 0.3) is 0 Å². The van der Waals surface area contributed by atoms with Crippen LogP contribution in [0.2, 0.25) is 0 Å². The van der Waals surface area contributed by atoms with E-state index >= 15 is 0 Å². The molecule has 0 spiro atoms. The summed E-state index contributed by atoms with van der Waals surface area (Å²) in [5.41, 5.74) is 1.29. The van der Waals surface area contributed by atoms with Crippen LogP contribution in [0.5, 0.6) is 5.75 Å². The molecule has 2 rings (SSSR count). The lowest BCUT2D eigenvalue weighted by Crippen LogP contribution is -2.38. The van der Waals surface area contributed by atoms with Crippen molar-refractivity contribution in [1.82, 2.24) is 5.32 Å². The van der Waals surface area contributed by atoms with Gasteiger partial charge < -0.3 is 14.8 Å². The van der Waals surface area contributed by atoms with Crippen molar-refractivity contribution in [3.05, 3.63) is 29.8 Å². The highest BCUT2D eigenvalue weighted by Crippen LogP contribution is 2.19. The zero-order valence-corrected chi connectivity index (χ0v) is 10.6. The normalized spacial score (nSPS) is 22.1. The van der Waals surface area contributed by atoms with Gasteiger partial charge in [-0.3, -0.25) is 0 Å². The van der Waals surface area contributed by atoms with Gasteiger partial charge in [-0.2, -0.15) is 0 Å². The molecule has 94 valence electrons. The first-order valence-electron chi connectivity index (χ1n) is 6.27. The minimum absolute atomic E-state index is 0.354. The molecule has 1 heterocycles. The Morgan fingerprint density at radius 3 is 2.71 bits per heavy atom. The van der Waals surface area contributed by atoms with Crippen LogP contribution in [-0.2, 0) is 4.74 Å². The summed E-state index contributed by atoms with van der Waals surface area (Å²) in [6, 6.07) is 9.07. The minimum Gasteiger partial charge on any atom is -0.497 e. The van der Waals surface area contributed by atoms with E-state index in [0.717, 1.165) is 25.4 Å². The maximum atomic E-state index is 5.47. The Morgan fingerprint density at radius 2 is 2.12 bits per heavy atom. The average Bonchev–Trinajstić information content (AvgIpc) is 2.40. The molecule has 1 saturated heterocycles. The third-order valence-electron chi connectivity index (χ3n) is 3.26. The van der Waals surface area contributed by atoms with Crippen LogP contribution in [0.3, 0.4) is 0 Å². The maximum Gasteiger partial charge on any atom is 0.118 e. The second-order valence-corrected chi connectivity index (χ2v) is 4.58. The predicted molar refractivity (Wildman–Crippen MR) is 68.4 cm³/mol. The van der Waals surface area contributed by atoms with Crippen LogP contribution in [0, 0.1) is 0 Å². The summed E-state index contributed by atoms with van der Waals surface area (Å²) in [7, 11) is 1.69. The smallest absolute Gasteiger partial charge is 0.118 e. The summed E-state index contributed by atoms with van der Waals surface area (Å²) in [5.74, 6) is 0.905. The third-order valence-corrected chi connectivity index (χ3v) is 3.26. The van der Waals surface area contributed by atoms with E-state index in [0.29, 0.717) is 12.1 Å². The summed E-state index contributed by atoms with van der Waals surface area (Å²) in [6.07, 6.45) is 2.37. The van der Waals surface area contributed by atoms with E-state index in [4.69, 9.17) is 9.47 Å². The molecule has 3 heteroatoms. The molecule has 0 amide bonds. The van der Waals surface area contributed by atoms with Gasteiger partial charge in [-0.15, -0.1) is 0 Å². The van der Waals surface area contributed by atoms with Gasteiger partial charge in [0.25, 0.3) is 0 Å². The first kappa shape index (κ1) is 12.4. The Morgan fingerprint density at radius 1 is 1.35 bits per heavy atom. The molecule has 1 N–H and O–H groups in total. The van der Waals surface area contributed by atoms with E-state index in [9.17, 15) is 0 Å². The molecule has 0 aliphatic carbocycles. The zero-order valence-electron chi connectivity index (χ0n) is 10.6. The van der Waals surface area contributed by atoms with Crippen molar-refractivity contribution in [3.63, 3.8) is 0 Å². The van der Waals surface area contributed by atoms with E-state index in [1.165, 1.54) is 12.0 Å². The second-order valence-electron chi connectivity index (χ2n) is 4.58. The highest BCUT2D eigenvalue weighted by atomic mass is 16.5. The number of benzene rings is 1. The molecule has 3 nitrogen and oxygen atoms in total. The fourth-order valence-corrected chi connectivity index (χ4v) is 2.21. The first-order valence-corrected chi connectivity index (χ1v) is 6.27. The van der Waals surface area contributed by atoms with Crippen LogP contribution in [0.1, 0.15) is 31.4 Å². The number of hydrogen-bond donors (Lipinski definition) is 1. The van der Waals surface area contributed by atoms with Crippen molar-refractivity contribution >= 4 is 0 Å². The topological polar surface area (TPSA) is 30.5 Å². The molecule has 0 radical (unpaired) electrons. The van der Waals surface area contributed by atoms with Gasteiger partial charge in [-0.25, -0.2) is 0 Å². The van der Waals surface area contributed by atoms with E-state index < -0.39 is 0 Å². The van der Waals surface area contributed by atoms with E-state index in [1.54, 1.807) is 7.11 Å². The highest BCUT2D eigenvalue weighted by molar-refractivity contribution is 5.28. The molecule has 2 unspecified atom stereocenters. The van der Waals surface area contributed by atoms with Crippen LogP contribution in [0.15, 0.2) is 24.3 Å². The van der Waals surface area contributed by atoms with Crippen molar-refractivity contribution in [1.29, 1.82) is 0 Å². The lowest BCUT2D eigenvalue weighted by atomic mass is 10.0. The van der Waals surface area contributed by atoms with E-state index in [-0.39, 0.29) is 0 Å². The molecule has 1 fully saturated rings. The van der Waals surface area contributed by atoms with Crippen LogP contribution in [-0.4, -0.2) is 26.4 Å². The van der Waals surface area contributed by atoms with Crippen molar-refractivity contribution in [2.75, 3.05) is 20.3 Å². The molecule has 1 aromatic carbocycles.